The highest BCUT2D eigenvalue weighted by Crippen LogP contribution is 2.20. The Labute approximate surface area is 119 Å². The first-order chi connectivity index (χ1) is 10.0. The zero-order chi connectivity index (χ0) is 15.4. The number of anilines is 1. The van der Waals surface area contributed by atoms with Crippen molar-refractivity contribution >= 4 is 17.4 Å². The molecule has 1 unspecified atom stereocenters. The van der Waals surface area contributed by atoms with E-state index in [1.54, 1.807) is 12.4 Å². The Kier molecular flexibility index (Phi) is 4.12. The summed E-state index contributed by atoms with van der Waals surface area (Å²) in [5, 5.41) is 13.6. The number of imidazole rings is 1. The molecule has 21 heavy (non-hydrogen) atoms. The van der Waals surface area contributed by atoms with E-state index in [0.29, 0.717) is 12.2 Å². The Bertz CT molecular complexity index is 655. The van der Waals surface area contributed by atoms with Gasteiger partial charge in [-0.05, 0) is 12.5 Å². The molecule has 0 fully saturated rings. The van der Waals surface area contributed by atoms with Crippen molar-refractivity contribution in [3.8, 4) is 0 Å². The molecular formula is C12H14N6O3. The molecular weight excluding hydrogens is 276 g/mol. The maximum atomic E-state index is 12.2. The molecule has 0 aliphatic rings. The molecule has 9 nitrogen and oxygen atoms in total. The second-order valence-corrected chi connectivity index (χ2v) is 4.29. The van der Waals surface area contributed by atoms with Crippen molar-refractivity contribution in [1.82, 2.24) is 20.3 Å². The van der Waals surface area contributed by atoms with Crippen LogP contribution in [0, 0.1) is 10.1 Å². The monoisotopic (exact) mass is 290 g/mol. The fraction of sp³-hybridized carbons (Fsp3) is 0.250. The average molecular weight is 290 g/mol. The largest absolute Gasteiger partial charge is 0.384 e. The molecule has 0 bridgehead atoms. The van der Waals surface area contributed by atoms with E-state index >= 15 is 0 Å². The highest BCUT2D eigenvalue weighted by Gasteiger charge is 2.24. The number of nitrogen functional groups attached to an aromatic ring is 1. The number of amides is 1. The van der Waals surface area contributed by atoms with Crippen molar-refractivity contribution in [2.75, 3.05) is 5.73 Å². The number of H-pyrrole nitrogens is 1. The second-order valence-electron chi connectivity index (χ2n) is 4.29. The number of aromatic nitrogens is 3. The van der Waals surface area contributed by atoms with Gasteiger partial charge in [0.15, 0.2) is 0 Å². The summed E-state index contributed by atoms with van der Waals surface area (Å²) in [5.41, 5.74) is 4.97. The third-order valence-corrected chi connectivity index (χ3v) is 2.91. The molecule has 1 amide bonds. The Morgan fingerprint density at radius 1 is 1.57 bits per heavy atom. The second kappa shape index (κ2) is 5.99. The van der Waals surface area contributed by atoms with Gasteiger partial charge >= 0.3 is 0 Å². The number of pyridine rings is 1. The molecule has 9 heteroatoms. The molecule has 0 aliphatic heterocycles. The minimum absolute atomic E-state index is 0.0387. The summed E-state index contributed by atoms with van der Waals surface area (Å²) in [7, 11) is 0. The minimum Gasteiger partial charge on any atom is -0.384 e. The van der Waals surface area contributed by atoms with Gasteiger partial charge in [-0.25, -0.2) is 9.97 Å². The zero-order valence-electron chi connectivity index (χ0n) is 11.2. The minimum atomic E-state index is -0.671. The van der Waals surface area contributed by atoms with Gasteiger partial charge in [0.25, 0.3) is 11.6 Å². The molecule has 0 aromatic carbocycles. The quantitative estimate of drug-likeness (QED) is 0.557. The van der Waals surface area contributed by atoms with Crippen LogP contribution >= 0.6 is 0 Å². The van der Waals surface area contributed by atoms with Crippen molar-refractivity contribution in [3.63, 3.8) is 0 Å². The smallest absolute Gasteiger partial charge is 0.300 e. The van der Waals surface area contributed by atoms with Gasteiger partial charge in [0, 0.05) is 12.4 Å². The van der Waals surface area contributed by atoms with E-state index in [2.05, 4.69) is 20.3 Å². The summed E-state index contributed by atoms with van der Waals surface area (Å²) < 4.78 is 0. The Balaban J connectivity index is 2.27. The number of nitrogens with one attached hydrogen (secondary N) is 2. The van der Waals surface area contributed by atoms with Crippen LogP contribution < -0.4 is 11.1 Å². The third-order valence-electron chi connectivity index (χ3n) is 2.91. The fourth-order valence-corrected chi connectivity index (χ4v) is 1.86. The fourth-order valence-electron chi connectivity index (χ4n) is 1.86. The molecule has 2 rings (SSSR count). The topological polar surface area (TPSA) is 140 Å². The highest BCUT2D eigenvalue weighted by molar-refractivity contribution is 5.98. The number of aromatic amines is 1. The summed E-state index contributed by atoms with van der Waals surface area (Å²) in [6.07, 6.45) is 4.75. The molecule has 110 valence electrons. The maximum Gasteiger partial charge on any atom is 0.300 e. The molecule has 2 aromatic rings. The molecule has 2 aromatic heterocycles. The number of nitrogens with zero attached hydrogens (tertiary/aromatic N) is 3. The molecule has 0 radical (unpaired) electrons. The van der Waals surface area contributed by atoms with Crippen molar-refractivity contribution in [2.45, 2.75) is 19.4 Å². The summed E-state index contributed by atoms with van der Waals surface area (Å²) in [4.78, 5) is 33.1. The van der Waals surface area contributed by atoms with Gasteiger partial charge < -0.3 is 16.0 Å². The van der Waals surface area contributed by atoms with Gasteiger partial charge in [-0.15, -0.1) is 0 Å². The molecule has 1 atom stereocenters. The van der Waals surface area contributed by atoms with E-state index < -0.39 is 16.5 Å². The van der Waals surface area contributed by atoms with Gasteiger partial charge in [-0.1, -0.05) is 6.92 Å². The number of nitro groups is 1. The van der Waals surface area contributed by atoms with Gasteiger partial charge in [0.1, 0.15) is 23.4 Å². The number of hydrogen-bond acceptors (Lipinski definition) is 6. The van der Waals surface area contributed by atoms with Gasteiger partial charge in [0.05, 0.1) is 11.0 Å². The third kappa shape index (κ3) is 3.14. The van der Waals surface area contributed by atoms with E-state index in [0.717, 1.165) is 6.20 Å². The van der Waals surface area contributed by atoms with Crippen LogP contribution in [-0.2, 0) is 0 Å². The SMILES string of the molecule is CCC(NC(=O)c1cc(N)ncc1[N+](=O)[O-])c1ncc[nH]1. The first kappa shape index (κ1) is 14.4. The summed E-state index contributed by atoms with van der Waals surface area (Å²) in [6.45, 7) is 1.86. The molecule has 0 aliphatic carbocycles. The predicted molar refractivity (Wildman–Crippen MR) is 74.4 cm³/mol. The molecule has 0 spiro atoms. The lowest BCUT2D eigenvalue weighted by molar-refractivity contribution is -0.385. The summed E-state index contributed by atoms with van der Waals surface area (Å²) in [5.74, 6) is 0.0198. The van der Waals surface area contributed by atoms with E-state index in [-0.39, 0.29) is 17.4 Å². The van der Waals surface area contributed by atoms with E-state index in [1.807, 2.05) is 6.92 Å². The van der Waals surface area contributed by atoms with Crippen molar-refractivity contribution < 1.29 is 9.72 Å². The summed E-state index contributed by atoms with van der Waals surface area (Å²) in [6, 6.07) is 0.809. The summed E-state index contributed by atoms with van der Waals surface area (Å²) >= 11 is 0. The highest BCUT2D eigenvalue weighted by atomic mass is 16.6. The Hall–Kier alpha value is -2.97. The van der Waals surface area contributed by atoms with E-state index in [1.165, 1.54) is 6.07 Å². The number of carbonyl (C=O) groups is 1. The lowest BCUT2D eigenvalue weighted by Crippen LogP contribution is -2.29. The van der Waals surface area contributed by atoms with Crippen LogP contribution in [0.15, 0.2) is 24.7 Å². The van der Waals surface area contributed by atoms with Crippen molar-refractivity contribution in [2.24, 2.45) is 0 Å². The number of carbonyl (C=O) groups excluding carboxylic acids is 1. The Morgan fingerprint density at radius 3 is 2.90 bits per heavy atom. The first-order valence-corrected chi connectivity index (χ1v) is 6.23. The van der Waals surface area contributed by atoms with E-state index in [9.17, 15) is 14.9 Å². The van der Waals surface area contributed by atoms with Crippen LogP contribution in [0.25, 0.3) is 0 Å². The van der Waals surface area contributed by atoms with Gasteiger partial charge in [-0.3, -0.25) is 14.9 Å². The van der Waals surface area contributed by atoms with Crippen molar-refractivity contribution in [3.05, 3.63) is 46.2 Å². The molecule has 4 N–H and O–H groups in total. The van der Waals surface area contributed by atoms with Crippen LogP contribution in [-0.4, -0.2) is 25.8 Å². The zero-order valence-corrected chi connectivity index (χ0v) is 11.2. The van der Waals surface area contributed by atoms with Crippen LogP contribution in [0.4, 0.5) is 11.5 Å². The Morgan fingerprint density at radius 2 is 2.33 bits per heavy atom. The number of rotatable bonds is 5. The predicted octanol–water partition coefficient (Wildman–Crippen LogP) is 1.18. The standard InChI is InChI=1S/C12H14N6O3/c1-2-8(11-14-3-4-15-11)17-12(19)7-5-10(13)16-6-9(7)18(20)21/h3-6,8H,2H2,1H3,(H2,13,16)(H,14,15)(H,17,19). The van der Waals surface area contributed by atoms with Crippen LogP contribution in [0.3, 0.4) is 0 Å². The van der Waals surface area contributed by atoms with E-state index in [4.69, 9.17) is 5.73 Å². The normalized spacial score (nSPS) is 11.9. The average Bonchev–Trinajstić information content (AvgIpc) is 2.98. The number of nitrogens with two attached hydrogens (primary N) is 1. The number of hydrogen-bond donors (Lipinski definition) is 3. The lowest BCUT2D eigenvalue weighted by Gasteiger charge is -2.14. The van der Waals surface area contributed by atoms with Gasteiger partial charge in [0.2, 0.25) is 0 Å². The molecule has 0 saturated carbocycles. The van der Waals surface area contributed by atoms with Gasteiger partial charge in [-0.2, -0.15) is 0 Å². The van der Waals surface area contributed by atoms with Crippen LogP contribution in [0.2, 0.25) is 0 Å². The first-order valence-electron chi connectivity index (χ1n) is 6.23. The lowest BCUT2D eigenvalue weighted by atomic mass is 10.1. The molecule has 0 saturated heterocycles. The van der Waals surface area contributed by atoms with Crippen LogP contribution in [0.5, 0.6) is 0 Å². The maximum absolute atomic E-state index is 12.2. The van der Waals surface area contributed by atoms with Crippen LogP contribution in [0.1, 0.15) is 35.6 Å². The molecule has 2 heterocycles. The van der Waals surface area contributed by atoms with Crippen molar-refractivity contribution in [1.29, 1.82) is 0 Å².